The lowest BCUT2D eigenvalue weighted by molar-refractivity contribution is 0.159. The lowest BCUT2D eigenvalue weighted by atomic mass is 10.3. The minimum Gasteiger partial charge on any atom is -0.506 e. The van der Waals surface area contributed by atoms with Gasteiger partial charge < -0.3 is 14.6 Å². The van der Waals surface area contributed by atoms with Gasteiger partial charge in [0.2, 0.25) is 0 Å². The summed E-state index contributed by atoms with van der Waals surface area (Å²) >= 11 is 0. The Kier molecular flexibility index (Phi) is 4.81. The highest BCUT2D eigenvalue weighted by Gasteiger charge is 2.19. The molecule has 0 unspecified atom stereocenters. The molecule has 0 bridgehead atoms. The van der Waals surface area contributed by atoms with E-state index in [9.17, 15) is 18.3 Å². The van der Waals surface area contributed by atoms with Crippen molar-refractivity contribution in [3.05, 3.63) is 18.2 Å². The van der Waals surface area contributed by atoms with Crippen LogP contribution in [0.5, 0.6) is 11.5 Å². The summed E-state index contributed by atoms with van der Waals surface area (Å²) in [6.45, 7) is 1.56. The van der Waals surface area contributed by atoms with E-state index in [4.69, 9.17) is 4.74 Å². The van der Waals surface area contributed by atoms with Crippen molar-refractivity contribution in [1.82, 2.24) is 4.72 Å². The van der Waals surface area contributed by atoms with Crippen molar-refractivity contribution < 1.29 is 27.8 Å². The smallest absolute Gasteiger partial charge is 0.422 e. The number of aromatic hydroxyl groups is 1. The fourth-order valence-corrected chi connectivity index (χ4v) is 2.03. The van der Waals surface area contributed by atoms with Crippen LogP contribution in [0, 0.1) is 0 Å². The average molecular weight is 290 g/mol. The Balaban J connectivity index is 2.93. The molecule has 3 N–H and O–H groups in total. The maximum atomic E-state index is 11.6. The molecule has 1 aromatic rings. The first kappa shape index (κ1) is 14.9. The lowest BCUT2D eigenvalue weighted by Crippen LogP contribution is -2.35. The third-order valence-corrected chi connectivity index (χ3v) is 2.86. The van der Waals surface area contributed by atoms with Crippen molar-refractivity contribution >= 4 is 22.0 Å². The first-order chi connectivity index (χ1) is 8.89. The zero-order valence-electron chi connectivity index (χ0n) is 10.3. The number of benzene rings is 1. The number of hydrogen-bond acceptors (Lipinski definition) is 6. The second-order valence-electron chi connectivity index (χ2n) is 3.28. The number of anilines is 1. The molecule has 0 aromatic heterocycles. The van der Waals surface area contributed by atoms with Crippen molar-refractivity contribution in [2.75, 3.05) is 18.4 Å². The fourth-order valence-electron chi connectivity index (χ4n) is 1.22. The Morgan fingerprint density at radius 1 is 1.42 bits per heavy atom. The Hall–Kier alpha value is -2.16. The van der Waals surface area contributed by atoms with Gasteiger partial charge in [0.25, 0.3) is 0 Å². The number of nitrogens with one attached hydrogen (secondary N) is 2. The summed E-state index contributed by atoms with van der Waals surface area (Å²) < 4.78 is 36.2. The molecule has 1 amide bonds. The third-order valence-electron chi connectivity index (χ3n) is 1.95. The van der Waals surface area contributed by atoms with Gasteiger partial charge in [-0.2, -0.15) is 8.42 Å². The molecule has 1 rings (SSSR count). The number of phenols is 1. The van der Waals surface area contributed by atoms with Crippen molar-refractivity contribution in [3.63, 3.8) is 0 Å². The van der Waals surface area contributed by atoms with E-state index in [0.29, 0.717) is 0 Å². The highest BCUT2D eigenvalue weighted by atomic mass is 32.2. The zero-order valence-corrected chi connectivity index (χ0v) is 11.2. The van der Waals surface area contributed by atoms with Gasteiger partial charge in [0, 0.05) is 0 Å². The minimum atomic E-state index is -4.23. The molecule has 0 fully saturated rings. The van der Waals surface area contributed by atoms with E-state index in [1.165, 1.54) is 32.2 Å². The van der Waals surface area contributed by atoms with E-state index in [-0.39, 0.29) is 23.8 Å². The number of methoxy groups -OCH3 is 1. The van der Waals surface area contributed by atoms with Gasteiger partial charge in [-0.25, -0.2) is 9.52 Å². The average Bonchev–Trinajstić information content (AvgIpc) is 2.31. The van der Waals surface area contributed by atoms with Crippen LogP contribution in [0.3, 0.4) is 0 Å². The van der Waals surface area contributed by atoms with Crippen LogP contribution in [0.4, 0.5) is 10.5 Å². The number of amides is 1. The molecule has 0 aliphatic heterocycles. The van der Waals surface area contributed by atoms with Gasteiger partial charge in [0.15, 0.2) is 0 Å². The fraction of sp³-hybridized carbons (Fsp3) is 0.300. The quantitative estimate of drug-likeness (QED) is 0.691. The van der Waals surface area contributed by atoms with E-state index >= 15 is 0 Å². The van der Waals surface area contributed by atoms with Gasteiger partial charge in [-0.15, -0.1) is 0 Å². The summed E-state index contributed by atoms with van der Waals surface area (Å²) in [5.41, 5.74) is -0.179. The second-order valence-corrected chi connectivity index (χ2v) is 4.70. The van der Waals surface area contributed by atoms with Crippen LogP contribution in [0.1, 0.15) is 6.92 Å². The predicted molar refractivity (Wildman–Crippen MR) is 67.4 cm³/mol. The van der Waals surface area contributed by atoms with E-state index in [2.05, 4.69) is 4.74 Å². The molecule has 106 valence electrons. The van der Waals surface area contributed by atoms with Crippen LogP contribution in [0.2, 0.25) is 0 Å². The number of para-hydroxylation sites is 1. The van der Waals surface area contributed by atoms with Gasteiger partial charge in [0.1, 0.15) is 17.2 Å². The molecular weight excluding hydrogens is 276 g/mol. The number of hydrogen-bond donors (Lipinski definition) is 3. The molecule has 9 heteroatoms. The summed E-state index contributed by atoms with van der Waals surface area (Å²) in [5.74, 6) is -0.234. The van der Waals surface area contributed by atoms with Gasteiger partial charge in [-0.05, 0) is 19.1 Å². The Morgan fingerprint density at radius 2 is 2.11 bits per heavy atom. The Labute approximate surface area is 110 Å². The van der Waals surface area contributed by atoms with Crippen LogP contribution < -0.4 is 14.2 Å². The molecule has 0 heterocycles. The number of carbonyl (C=O) groups excluding carboxylic acids is 1. The van der Waals surface area contributed by atoms with E-state index < -0.39 is 16.3 Å². The Bertz CT molecular complexity index is 557. The maximum absolute atomic E-state index is 11.6. The molecule has 0 spiro atoms. The summed E-state index contributed by atoms with van der Waals surface area (Å²) in [4.78, 5) is 11.0. The lowest BCUT2D eigenvalue weighted by Gasteiger charge is -2.13. The maximum Gasteiger partial charge on any atom is 0.422 e. The summed E-state index contributed by atoms with van der Waals surface area (Å²) in [7, 11) is -2.91. The molecule has 0 atom stereocenters. The number of ether oxygens (including phenoxy) is 2. The monoisotopic (exact) mass is 290 g/mol. The van der Waals surface area contributed by atoms with E-state index in [1.807, 2.05) is 4.72 Å². The van der Waals surface area contributed by atoms with E-state index in [0.717, 1.165) is 0 Å². The highest BCUT2D eigenvalue weighted by molar-refractivity contribution is 7.91. The van der Waals surface area contributed by atoms with Crippen molar-refractivity contribution in [2.45, 2.75) is 6.92 Å². The molecular formula is C10H14N2O6S. The first-order valence-electron chi connectivity index (χ1n) is 5.23. The topological polar surface area (TPSA) is 114 Å². The van der Waals surface area contributed by atoms with Gasteiger partial charge >= 0.3 is 16.3 Å². The Morgan fingerprint density at radius 3 is 2.68 bits per heavy atom. The largest absolute Gasteiger partial charge is 0.506 e. The molecule has 1 aromatic carbocycles. The van der Waals surface area contributed by atoms with E-state index in [1.54, 1.807) is 4.72 Å². The number of phenolic OH excluding ortho intramolecular Hbond substituents is 1. The van der Waals surface area contributed by atoms with Crippen LogP contribution >= 0.6 is 0 Å². The molecule has 0 aliphatic carbocycles. The molecule has 0 radical (unpaired) electrons. The molecule has 0 saturated heterocycles. The van der Waals surface area contributed by atoms with Gasteiger partial charge in [0.05, 0.1) is 13.7 Å². The molecule has 8 nitrogen and oxygen atoms in total. The van der Waals surface area contributed by atoms with Crippen LogP contribution in [0.15, 0.2) is 18.2 Å². The van der Waals surface area contributed by atoms with Gasteiger partial charge in [-0.1, -0.05) is 6.07 Å². The normalized spacial score (nSPS) is 10.6. The van der Waals surface area contributed by atoms with Crippen LogP contribution in [0.25, 0.3) is 0 Å². The van der Waals surface area contributed by atoms with Crippen molar-refractivity contribution in [1.29, 1.82) is 0 Å². The van der Waals surface area contributed by atoms with Gasteiger partial charge in [-0.3, -0.25) is 4.72 Å². The summed E-state index contributed by atoms with van der Waals surface area (Å²) in [6.07, 6.45) is -1.12. The summed E-state index contributed by atoms with van der Waals surface area (Å²) in [5, 5.41) is 9.57. The SMILES string of the molecule is CCOC(=O)NS(=O)(=O)Nc1c(O)cccc1OC. The molecule has 0 aliphatic rings. The van der Waals surface area contributed by atoms with Crippen LogP contribution in [-0.4, -0.2) is 33.3 Å². The minimum absolute atomic E-state index is 0.0290. The number of rotatable bonds is 5. The molecule has 0 saturated carbocycles. The summed E-state index contributed by atoms with van der Waals surface area (Å²) in [6, 6.07) is 4.19. The number of carbonyl (C=O) groups is 1. The van der Waals surface area contributed by atoms with Crippen molar-refractivity contribution in [3.8, 4) is 11.5 Å². The third kappa shape index (κ3) is 4.21. The highest BCUT2D eigenvalue weighted by Crippen LogP contribution is 2.33. The zero-order chi connectivity index (χ0) is 14.5. The molecule has 19 heavy (non-hydrogen) atoms. The predicted octanol–water partition coefficient (Wildman–Crippen LogP) is 0.804. The van der Waals surface area contributed by atoms with Crippen LogP contribution in [-0.2, 0) is 14.9 Å². The standard InChI is InChI=1S/C10H14N2O6S/c1-3-18-10(14)12-19(15,16)11-9-7(13)5-4-6-8(9)17-2/h4-6,11,13H,3H2,1-2H3,(H,12,14). The van der Waals surface area contributed by atoms with Crippen molar-refractivity contribution in [2.24, 2.45) is 0 Å². The first-order valence-corrected chi connectivity index (χ1v) is 6.71. The second kappa shape index (κ2) is 6.14.